The molecule has 0 aromatic heterocycles. The number of non-ortho nitro benzene ring substituents is 1. The van der Waals surface area contributed by atoms with Crippen molar-refractivity contribution < 1.29 is 19.2 Å². The number of ether oxygens (including phenoxy) is 1. The molecule has 0 bridgehead atoms. The van der Waals surface area contributed by atoms with Crippen LogP contribution in [0.15, 0.2) is 48.5 Å². The van der Waals surface area contributed by atoms with Gasteiger partial charge in [-0.15, -0.1) is 0 Å². The van der Waals surface area contributed by atoms with Crippen LogP contribution >= 0.6 is 0 Å². The quantitative estimate of drug-likeness (QED) is 0.644. The molecular formula is C19H19N3O5. The Morgan fingerprint density at radius 3 is 2.78 bits per heavy atom. The van der Waals surface area contributed by atoms with Gasteiger partial charge >= 0.3 is 0 Å². The van der Waals surface area contributed by atoms with Crippen LogP contribution in [0.1, 0.15) is 23.7 Å². The molecular weight excluding hydrogens is 350 g/mol. The number of hydrogen-bond acceptors (Lipinski definition) is 5. The molecule has 1 atom stereocenters. The maximum Gasteiger partial charge on any atom is 0.270 e. The first-order valence-corrected chi connectivity index (χ1v) is 8.61. The van der Waals surface area contributed by atoms with Gasteiger partial charge in [-0.05, 0) is 24.6 Å². The predicted molar refractivity (Wildman–Crippen MR) is 98.9 cm³/mol. The lowest BCUT2D eigenvalue weighted by molar-refractivity contribution is -0.384. The number of fused-ring (bicyclic) bond motifs is 1. The standard InChI is InChI=1S/C19H19N3O5/c1-2-10-20-18(23)17-12-21(15-8-3-4-9-16(15)27-17)19(24)13-6-5-7-14(11-13)22(25)26/h3-9,11,17H,2,10,12H2,1H3,(H,20,23)/t17-/m0/s1. The number of nitro groups is 1. The summed E-state index contributed by atoms with van der Waals surface area (Å²) in [5, 5.41) is 13.8. The summed E-state index contributed by atoms with van der Waals surface area (Å²) in [5.41, 5.74) is 0.529. The highest BCUT2D eigenvalue weighted by Gasteiger charge is 2.34. The minimum atomic E-state index is -0.853. The van der Waals surface area contributed by atoms with Gasteiger partial charge in [-0.25, -0.2) is 0 Å². The van der Waals surface area contributed by atoms with Gasteiger partial charge in [0, 0.05) is 24.2 Å². The normalized spacial score (nSPS) is 15.4. The first kappa shape index (κ1) is 18.4. The van der Waals surface area contributed by atoms with Crippen molar-refractivity contribution in [1.29, 1.82) is 0 Å². The number of nitrogens with zero attached hydrogens (tertiary/aromatic N) is 2. The lowest BCUT2D eigenvalue weighted by Gasteiger charge is -2.34. The maximum absolute atomic E-state index is 13.0. The van der Waals surface area contributed by atoms with Crippen molar-refractivity contribution in [3.63, 3.8) is 0 Å². The molecule has 2 aromatic carbocycles. The maximum atomic E-state index is 13.0. The second-order valence-corrected chi connectivity index (χ2v) is 6.09. The summed E-state index contributed by atoms with van der Waals surface area (Å²) in [4.78, 5) is 37.3. The van der Waals surface area contributed by atoms with Gasteiger partial charge in [0.1, 0.15) is 5.75 Å². The summed E-state index contributed by atoms with van der Waals surface area (Å²) in [6, 6.07) is 12.4. The number of para-hydroxylation sites is 2. The van der Waals surface area contributed by atoms with Gasteiger partial charge in [0.25, 0.3) is 17.5 Å². The summed E-state index contributed by atoms with van der Waals surface area (Å²) in [7, 11) is 0. The van der Waals surface area contributed by atoms with Crippen molar-refractivity contribution in [3.05, 3.63) is 64.2 Å². The van der Waals surface area contributed by atoms with E-state index in [2.05, 4.69) is 5.32 Å². The lowest BCUT2D eigenvalue weighted by atomic mass is 10.1. The summed E-state index contributed by atoms with van der Waals surface area (Å²) in [5.74, 6) is -0.315. The highest BCUT2D eigenvalue weighted by Crippen LogP contribution is 2.34. The molecule has 1 heterocycles. The average Bonchev–Trinajstić information content (AvgIpc) is 2.70. The Hall–Kier alpha value is -3.42. The van der Waals surface area contributed by atoms with Crippen molar-refractivity contribution in [3.8, 4) is 5.75 Å². The SMILES string of the molecule is CCCNC(=O)[C@@H]1CN(C(=O)c2cccc([N+](=O)[O-])c2)c2ccccc2O1. The third-order valence-corrected chi connectivity index (χ3v) is 4.16. The molecule has 0 unspecified atom stereocenters. The zero-order chi connectivity index (χ0) is 19.4. The molecule has 0 radical (unpaired) electrons. The van der Waals surface area contributed by atoms with Gasteiger partial charge in [0.15, 0.2) is 6.10 Å². The number of carbonyl (C=O) groups excluding carboxylic acids is 2. The Morgan fingerprint density at radius 2 is 2.04 bits per heavy atom. The van der Waals surface area contributed by atoms with Crippen molar-refractivity contribution in [2.75, 3.05) is 18.0 Å². The van der Waals surface area contributed by atoms with Crippen LogP contribution in [0.4, 0.5) is 11.4 Å². The number of rotatable bonds is 5. The van der Waals surface area contributed by atoms with E-state index < -0.39 is 16.9 Å². The number of benzene rings is 2. The Balaban J connectivity index is 1.92. The van der Waals surface area contributed by atoms with Gasteiger partial charge in [0.2, 0.25) is 0 Å². The minimum absolute atomic E-state index is 0.0219. The molecule has 1 aliphatic rings. The van der Waals surface area contributed by atoms with E-state index in [1.54, 1.807) is 24.3 Å². The van der Waals surface area contributed by atoms with Crippen LogP contribution in [0.2, 0.25) is 0 Å². The number of nitro benzene ring substituents is 1. The van der Waals surface area contributed by atoms with E-state index in [0.29, 0.717) is 18.0 Å². The van der Waals surface area contributed by atoms with Crippen molar-refractivity contribution >= 4 is 23.2 Å². The summed E-state index contributed by atoms with van der Waals surface area (Å²) in [6.45, 7) is 2.47. The molecule has 0 saturated heterocycles. The van der Waals surface area contributed by atoms with E-state index in [0.717, 1.165) is 6.42 Å². The third kappa shape index (κ3) is 3.89. The van der Waals surface area contributed by atoms with E-state index in [1.807, 2.05) is 6.92 Å². The first-order valence-electron chi connectivity index (χ1n) is 8.61. The minimum Gasteiger partial charge on any atom is -0.477 e. The highest BCUT2D eigenvalue weighted by atomic mass is 16.6. The molecule has 1 aliphatic heterocycles. The number of anilines is 1. The number of amides is 2. The summed E-state index contributed by atoms with van der Waals surface area (Å²) < 4.78 is 5.75. The largest absolute Gasteiger partial charge is 0.477 e. The zero-order valence-electron chi connectivity index (χ0n) is 14.8. The summed E-state index contributed by atoms with van der Waals surface area (Å²) in [6.07, 6.45) is -0.0696. The molecule has 0 spiro atoms. The second-order valence-electron chi connectivity index (χ2n) is 6.09. The van der Waals surface area contributed by atoms with Crippen molar-refractivity contribution in [2.24, 2.45) is 0 Å². The lowest BCUT2D eigenvalue weighted by Crippen LogP contribution is -2.50. The molecule has 0 saturated carbocycles. The number of hydrogen-bond donors (Lipinski definition) is 1. The fraction of sp³-hybridized carbons (Fsp3) is 0.263. The van der Waals surface area contributed by atoms with Crippen molar-refractivity contribution in [2.45, 2.75) is 19.4 Å². The van der Waals surface area contributed by atoms with E-state index in [1.165, 1.54) is 29.2 Å². The number of carbonyl (C=O) groups is 2. The first-order chi connectivity index (χ1) is 13.0. The molecule has 0 aliphatic carbocycles. The molecule has 2 amide bonds. The smallest absolute Gasteiger partial charge is 0.270 e. The van der Waals surface area contributed by atoms with E-state index in [-0.39, 0.29) is 23.7 Å². The molecule has 0 fully saturated rings. The molecule has 1 N–H and O–H groups in total. The second kappa shape index (κ2) is 7.86. The van der Waals surface area contributed by atoms with Crippen molar-refractivity contribution in [1.82, 2.24) is 5.32 Å². The molecule has 8 heteroatoms. The van der Waals surface area contributed by atoms with Gasteiger partial charge in [0.05, 0.1) is 17.2 Å². The molecule has 3 rings (SSSR count). The number of nitrogens with one attached hydrogen (secondary N) is 1. The fourth-order valence-electron chi connectivity index (χ4n) is 2.83. The van der Waals surface area contributed by atoms with E-state index in [9.17, 15) is 19.7 Å². The molecule has 140 valence electrons. The highest BCUT2D eigenvalue weighted by molar-refractivity contribution is 6.08. The Labute approximate surface area is 155 Å². The summed E-state index contributed by atoms with van der Waals surface area (Å²) >= 11 is 0. The molecule has 2 aromatic rings. The average molecular weight is 369 g/mol. The van der Waals surface area contributed by atoms with Gasteiger partial charge < -0.3 is 15.0 Å². The molecule has 8 nitrogen and oxygen atoms in total. The van der Waals surface area contributed by atoms with Crippen LogP contribution < -0.4 is 15.0 Å². The molecule has 27 heavy (non-hydrogen) atoms. The Bertz CT molecular complexity index is 883. The zero-order valence-corrected chi connectivity index (χ0v) is 14.8. The monoisotopic (exact) mass is 369 g/mol. The van der Waals surface area contributed by atoms with Crippen LogP contribution in [0, 0.1) is 10.1 Å². The van der Waals surface area contributed by atoms with Crippen LogP contribution in [0.25, 0.3) is 0 Å². The Morgan fingerprint density at radius 1 is 1.26 bits per heavy atom. The van der Waals surface area contributed by atoms with Crippen LogP contribution in [0.5, 0.6) is 5.75 Å². The Kier molecular flexibility index (Phi) is 5.35. The topological polar surface area (TPSA) is 102 Å². The van der Waals surface area contributed by atoms with Gasteiger partial charge in [-0.2, -0.15) is 0 Å². The van der Waals surface area contributed by atoms with Crippen LogP contribution in [0.3, 0.4) is 0 Å². The van der Waals surface area contributed by atoms with Crippen LogP contribution in [-0.2, 0) is 4.79 Å². The van der Waals surface area contributed by atoms with Crippen LogP contribution in [-0.4, -0.2) is 35.9 Å². The van der Waals surface area contributed by atoms with E-state index in [4.69, 9.17) is 4.74 Å². The predicted octanol–water partition coefficient (Wildman–Crippen LogP) is 2.53. The van der Waals surface area contributed by atoms with Gasteiger partial charge in [-0.1, -0.05) is 25.1 Å². The third-order valence-electron chi connectivity index (χ3n) is 4.16. The van der Waals surface area contributed by atoms with E-state index >= 15 is 0 Å². The van der Waals surface area contributed by atoms with Gasteiger partial charge in [-0.3, -0.25) is 19.7 Å². The fourth-order valence-corrected chi connectivity index (χ4v) is 2.83.